The molecular weight excluding hydrogens is 459 g/mol. The predicted molar refractivity (Wildman–Crippen MR) is 134 cm³/mol. The van der Waals surface area contributed by atoms with Gasteiger partial charge in [-0.3, -0.25) is 4.67 Å². The molecule has 8 heteroatoms. The van der Waals surface area contributed by atoms with E-state index in [4.69, 9.17) is 16.3 Å². The standard InChI is InChI=1S/C24H21N2O3PS2/c1-25(2)30(31)26(20-16-10-5-11-17-20)21-22(29-30)24(19-14-8-4-9-15-19)32(27,28)23(21)18-12-6-3-7-13-18/h3-17H,1-2H3. The van der Waals surface area contributed by atoms with Gasteiger partial charge >= 0.3 is 0 Å². The molecule has 1 unspecified atom stereocenters. The average Bonchev–Trinajstić information content (AvgIpc) is 3.20. The molecule has 2 heterocycles. The van der Waals surface area contributed by atoms with Crippen molar-refractivity contribution in [2.75, 3.05) is 18.8 Å². The monoisotopic (exact) mass is 480 g/mol. The van der Waals surface area contributed by atoms with Gasteiger partial charge in [-0.15, -0.1) is 0 Å². The highest BCUT2D eigenvalue weighted by molar-refractivity contribution is 8.12. The van der Waals surface area contributed by atoms with Crippen molar-refractivity contribution < 1.29 is 12.9 Å². The first-order valence-corrected chi connectivity index (χ1v) is 14.1. The number of sulfone groups is 1. The molecule has 1 atom stereocenters. The number of hydrogen-bond donors (Lipinski definition) is 0. The van der Waals surface area contributed by atoms with Gasteiger partial charge in [0, 0.05) is 5.69 Å². The minimum absolute atomic E-state index is 0.168. The van der Waals surface area contributed by atoms with Gasteiger partial charge in [-0.05, 0) is 49.2 Å². The topological polar surface area (TPSA) is 49.9 Å². The fourth-order valence-electron chi connectivity index (χ4n) is 3.99. The van der Waals surface area contributed by atoms with Crippen molar-refractivity contribution in [3.8, 4) is 0 Å². The van der Waals surface area contributed by atoms with E-state index in [1.807, 2.05) is 102 Å². The first-order valence-electron chi connectivity index (χ1n) is 10.0. The number of fused-ring (bicyclic) bond motifs is 1. The number of benzene rings is 3. The summed E-state index contributed by atoms with van der Waals surface area (Å²) >= 11 is 6.11. The van der Waals surface area contributed by atoms with E-state index in [2.05, 4.69) is 0 Å². The van der Waals surface area contributed by atoms with Crippen LogP contribution in [0.2, 0.25) is 0 Å². The minimum Gasteiger partial charge on any atom is -0.433 e. The Balaban J connectivity index is 1.90. The van der Waals surface area contributed by atoms with Crippen LogP contribution in [-0.2, 0) is 26.2 Å². The zero-order valence-corrected chi connectivity index (χ0v) is 20.1. The molecule has 2 aliphatic rings. The van der Waals surface area contributed by atoms with E-state index in [1.54, 1.807) is 12.1 Å². The third-order valence-corrected chi connectivity index (χ3v) is 11.4. The van der Waals surface area contributed by atoms with Crippen molar-refractivity contribution in [2.45, 2.75) is 0 Å². The summed E-state index contributed by atoms with van der Waals surface area (Å²) in [7, 11) is -0.119. The third kappa shape index (κ3) is 3.08. The van der Waals surface area contributed by atoms with Crippen LogP contribution in [0.1, 0.15) is 11.1 Å². The molecule has 0 bridgehead atoms. The summed E-state index contributed by atoms with van der Waals surface area (Å²) in [4.78, 5) is 0.394. The first-order chi connectivity index (χ1) is 15.4. The highest BCUT2D eigenvalue weighted by Crippen LogP contribution is 2.69. The Bertz CT molecular complexity index is 1400. The summed E-state index contributed by atoms with van der Waals surface area (Å²) in [5.41, 5.74) is 2.50. The third-order valence-electron chi connectivity index (χ3n) is 5.43. The summed E-state index contributed by atoms with van der Waals surface area (Å²) in [6, 6.07) is 27.9. The molecule has 0 aliphatic carbocycles. The van der Waals surface area contributed by atoms with Gasteiger partial charge in [0.1, 0.15) is 15.5 Å². The van der Waals surface area contributed by atoms with Crippen LogP contribution in [0.4, 0.5) is 5.69 Å². The molecule has 3 aromatic rings. The summed E-state index contributed by atoms with van der Waals surface area (Å²) in [6.07, 6.45) is 0. The second kappa shape index (κ2) is 7.71. The summed E-state index contributed by atoms with van der Waals surface area (Å²) < 4.78 is 38.3. The van der Waals surface area contributed by atoms with Crippen LogP contribution in [0.3, 0.4) is 0 Å². The molecule has 0 spiro atoms. The molecule has 0 N–H and O–H groups in total. The van der Waals surface area contributed by atoms with Gasteiger partial charge in [0.15, 0.2) is 5.76 Å². The average molecular weight is 481 g/mol. The molecule has 2 aliphatic heterocycles. The zero-order valence-electron chi connectivity index (χ0n) is 17.5. The first kappa shape index (κ1) is 21.2. The van der Waals surface area contributed by atoms with E-state index in [9.17, 15) is 8.42 Å². The summed E-state index contributed by atoms with van der Waals surface area (Å²) in [5, 5.41) is 0. The van der Waals surface area contributed by atoms with E-state index >= 15 is 0 Å². The summed E-state index contributed by atoms with van der Waals surface area (Å²) in [6.45, 7) is -2.80. The maximum Gasteiger partial charge on any atom is 0.283 e. The van der Waals surface area contributed by atoms with Crippen LogP contribution in [0.25, 0.3) is 9.81 Å². The zero-order chi connectivity index (χ0) is 22.5. The van der Waals surface area contributed by atoms with E-state index in [0.717, 1.165) is 5.69 Å². The van der Waals surface area contributed by atoms with Gasteiger partial charge in [-0.2, -0.15) is 0 Å². The van der Waals surface area contributed by atoms with Crippen molar-refractivity contribution in [1.82, 2.24) is 4.67 Å². The lowest BCUT2D eigenvalue weighted by Crippen LogP contribution is -2.23. The molecule has 1 fully saturated rings. The van der Waals surface area contributed by atoms with Gasteiger partial charge < -0.3 is 4.52 Å². The minimum atomic E-state index is -3.86. The Hall–Kier alpha value is -2.70. The number of para-hydroxylation sites is 1. The molecule has 0 aromatic heterocycles. The van der Waals surface area contributed by atoms with E-state index < -0.39 is 16.4 Å². The molecular formula is C24H21N2O3PS2. The van der Waals surface area contributed by atoms with Crippen LogP contribution in [-0.4, -0.2) is 27.2 Å². The maximum atomic E-state index is 14.0. The lowest BCUT2D eigenvalue weighted by Gasteiger charge is -2.32. The number of anilines is 1. The van der Waals surface area contributed by atoms with E-state index in [0.29, 0.717) is 22.6 Å². The van der Waals surface area contributed by atoms with Gasteiger partial charge in [-0.1, -0.05) is 78.9 Å². The lowest BCUT2D eigenvalue weighted by atomic mass is 10.1. The van der Waals surface area contributed by atoms with Crippen molar-refractivity contribution >= 4 is 43.7 Å². The van der Waals surface area contributed by atoms with Crippen molar-refractivity contribution in [2.24, 2.45) is 0 Å². The van der Waals surface area contributed by atoms with Gasteiger partial charge in [0.05, 0.1) is 0 Å². The second-order valence-electron chi connectivity index (χ2n) is 7.65. The fourth-order valence-corrected chi connectivity index (χ4v) is 8.67. The summed E-state index contributed by atoms with van der Waals surface area (Å²) in [5.74, 6) is 0.330. The molecule has 3 aromatic carbocycles. The molecule has 0 saturated carbocycles. The van der Waals surface area contributed by atoms with E-state index in [1.165, 1.54) is 0 Å². The Morgan fingerprint density at radius 2 is 1.25 bits per heavy atom. The fraction of sp³-hybridized carbons (Fsp3) is 0.0833. The van der Waals surface area contributed by atoms with Crippen LogP contribution < -0.4 is 4.67 Å². The Morgan fingerprint density at radius 3 is 1.75 bits per heavy atom. The van der Waals surface area contributed by atoms with Gasteiger partial charge in [0.25, 0.3) is 6.57 Å². The largest absolute Gasteiger partial charge is 0.433 e. The number of rotatable bonds is 4. The Labute approximate surface area is 193 Å². The molecule has 32 heavy (non-hydrogen) atoms. The van der Waals surface area contributed by atoms with Crippen LogP contribution in [0.5, 0.6) is 0 Å². The van der Waals surface area contributed by atoms with Crippen LogP contribution in [0.15, 0.2) is 102 Å². The molecule has 5 nitrogen and oxygen atoms in total. The number of hydrogen-bond acceptors (Lipinski definition) is 4. The Morgan fingerprint density at radius 1 is 0.781 bits per heavy atom. The van der Waals surface area contributed by atoms with Crippen LogP contribution in [0, 0.1) is 0 Å². The SMILES string of the molecule is CN(C)P1(=S)OC2=C(c3ccccc3)S(=O)(=O)C(c3ccccc3)=C2N1c1ccccc1. The van der Waals surface area contributed by atoms with Gasteiger partial charge in [0.2, 0.25) is 9.84 Å². The smallest absolute Gasteiger partial charge is 0.283 e. The molecule has 1 saturated heterocycles. The van der Waals surface area contributed by atoms with Crippen LogP contribution >= 0.6 is 6.57 Å². The number of nitrogens with zero attached hydrogens (tertiary/aromatic N) is 2. The molecule has 0 amide bonds. The van der Waals surface area contributed by atoms with Crippen molar-refractivity contribution in [3.63, 3.8) is 0 Å². The maximum absolute atomic E-state index is 14.0. The highest BCUT2D eigenvalue weighted by atomic mass is 32.5. The van der Waals surface area contributed by atoms with E-state index in [-0.39, 0.29) is 9.81 Å². The lowest BCUT2D eigenvalue weighted by molar-refractivity contribution is 0.462. The Kier molecular flexibility index (Phi) is 5.10. The molecule has 162 valence electrons. The van der Waals surface area contributed by atoms with Crippen molar-refractivity contribution in [3.05, 3.63) is 114 Å². The van der Waals surface area contributed by atoms with Gasteiger partial charge in [-0.25, -0.2) is 13.1 Å². The molecule has 5 rings (SSSR count). The molecule has 0 radical (unpaired) electrons. The highest BCUT2D eigenvalue weighted by Gasteiger charge is 2.54. The van der Waals surface area contributed by atoms with Crippen molar-refractivity contribution in [1.29, 1.82) is 0 Å². The normalized spacial score (nSPS) is 21.8. The second-order valence-corrected chi connectivity index (χ2v) is 13.3. The quantitative estimate of drug-likeness (QED) is 0.461. The predicted octanol–water partition coefficient (Wildman–Crippen LogP) is 5.48.